The molecule has 0 radical (unpaired) electrons. The van der Waals surface area contributed by atoms with Crippen molar-refractivity contribution in [2.24, 2.45) is 0 Å². The van der Waals surface area contributed by atoms with Gasteiger partial charge in [0.15, 0.2) is 11.5 Å². The average molecular weight is 359 g/mol. The van der Waals surface area contributed by atoms with Crippen LogP contribution in [0, 0.1) is 0 Å². The van der Waals surface area contributed by atoms with E-state index in [-0.39, 0.29) is 6.04 Å². The molecule has 1 atom stereocenters. The summed E-state index contributed by atoms with van der Waals surface area (Å²) in [6, 6.07) is 14.9. The van der Waals surface area contributed by atoms with Gasteiger partial charge in [-0.15, -0.1) is 0 Å². The highest BCUT2D eigenvalue weighted by Crippen LogP contribution is 2.37. The fourth-order valence-corrected chi connectivity index (χ4v) is 3.99. The van der Waals surface area contributed by atoms with E-state index in [1.807, 2.05) is 12.1 Å². The fraction of sp³-hybridized carbons (Fsp3) is 0.227. The van der Waals surface area contributed by atoms with Gasteiger partial charge >= 0.3 is 0 Å². The van der Waals surface area contributed by atoms with Gasteiger partial charge in [0.1, 0.15) is 0 Å². The maximum absolute atomic E-state index is 5.54. The highest BCUT2D eigenvalue weighted by Gasteiger charge is 2.31. The number of hydrogen-bond donors (Lipinski definition) is 1. The first-order chi connectivity index (χ1) is 13.3. The molecule has 0 unspecified atom stereocenters. The Kier molecular flexibility index (Phi) is 3.94. The van der Waals surface area contributed by atoms with Crippen molar-refractivity contribution in [2.75, 3.05) is 13.3 Å². The molecule has 27 heavy (non-hydrogen) atoms. The van der Waals surface area contributed by atoms with Crippen molar-refractivity contribution in [1.82, 2.24) is 14.9 Å². The van der Waals surface area contributed by atoms with Crippen LogP contribution in [0.25, 0.3) is 6.08 Å². The van der Waals surface area contributed by atoms with Gasteiger partial charge in [0, 0.05) is 25.2 Å². The highest BCUT2D eigenvalue weighted by atomic mass is 16.7. The van der Waals surface area contributed by atoms with Crippen molar-refractivity contribution in [2.45, 2.75) is 19.0 Å². The molecule has 5 nitrogen and oxygen atoms in total. The third-order valence-electron chi connectivity index (χ3n) is 5.31. The van der Waals surface area contributed by atoms with Gasteiger partial charge in [-0.1, -0.05) is 36.9 Å². The summed E-state index contributed by atoms with van der Waals surface area (Å²) >= 11 is 0. The summed E-state index contributed by atoms with van der Waals surface area (Å²) < 4.78 is 11.0. The Morgan fingerprint density at radius 2 is 2.11 bits per heavy atom. The van der Waals surface area contributed by atoms with Gasteiger partial charge in [0.25, 0.3) is 0 Å². The smallest absolute Gasteiger partial charge is 0.231 e. The van der Waals surface area contributed by atoms with E-state index in [0.29, 0.717) is 6.79 Å². The van der Waals surface area contributed by atoms with E-state index in [0.717, 1.165) is 42.3 Å². The average Bonchev–Trinajstić information content (AvgIpc) is 3.36. The third kappa shape index (κ3) is 2.90. The lowest BCUT2D eigenvalue weighted by atomic mass is 9.94. The minimum absolute atomic E-state index is 0.116. The number of benzene rings is 2. The van der Waals surface area contributed by atoms with Crippen LogP contribution in [0.2, 0.25) is 0 Å². The van der Waals surface area contributed by atoms with E-state index < -0.39 is 0 Å². The molecule has 5 heteroatoms. The van der Waals surface area contributed by atoms with Crippen LogP contribution < -0.4 is 9.47 Å². The molecule has 1 aromatic heterocycles. The Morgan fingerprint density at radius 3 is 3.04 bits per heavy atom. The minimum atomic E-state index is 0.116. The maximum Gasteiger partial charge on any atom is 0.231 e. The van der Waals surface area contributed by atoms with Crippen LogP contribution in [0.15, 0.2) is 55.4 Å². The molecule has 0 saturated heterocycles. The Hall–Kier alpha value is -3.05. The Balaban J connectivity index is 1.51. The summed E-state index contributed by atoms with van der Waals surface area (Å²) in [5.41, 5.74) is 5.91. The van der Waals surface area contributed by atoms with Crippen LogP contribution in [-0.2, 0) is 13.0 Å². The van der Waals surface area contributed by atoms with Gasteiger partial charge < -0.3 is 14.5 Å². The number of H-pyrrole nitrogens is 1. The van der Waals surface area contributed by atoms with Crippen molar-refractivity contribution in [3.05, 3.63) is 83.4 Å². The van der Waals surface area contributed by atoms with E-state index in [1.54, 1.807) is 6.33 Å². The molecule has 136 valence electrons. The Labute approximate surface area is 158 Å². The molecule has 0 fully saturated rings. The van der Waals surface area contributed by atoms with Gasteiger partial charge in [-0.2, -0.15) is 0 Å². The molecule has 1 N–H and O–H groups in total. The van der Waals surface area contributed by atoms with Crippen molar-refractivity contribution >= 4 is 6.08 Å². The van der Waals surface area contributed by atoms with Gasteiger partial charge in [0.05, 0.1) is 18.1 Å². The molecule has 2 aliphatic rings. The van der Waals surface area contributed by atoms with Crippen LogP contribution in [0.4, 0.5) is 0 Å². The first kappa shape index (κ1) is 16.1. The second-order valence-corrected chi connectivity index (χ2v) is 6.95. The zero-order chi connectivity index (χ0) is 18.2. The van der Waals surface area contributed by atoms with Crippen LogP contribution in [0.5, 0.6) is 11.5 Å². The molecule has 0 bridgehead atoms. The summed E-state index contributed by atoms with van der Waals surface area (Å²) in [6.07, 6.45) is 4.66. The van der Waals surface area contributed by atoms with Crippen LogP contribution in [0.3, 0.4) is 0 Å². The van der Waals surface area contributed by atoms with Crippen LogP contribution >= 0.6 is 0 Å². The normalized spacial score (nSPS) is 18.3. The number of nitrogens with zero attached hydrogens (tertiary/aromatic N) is 2. The molecule has 3 aromatic rings. The van der Waals surface area contributed by atoms with E-state index in [4.69, 9.17) is 9.47 Å². The number of hydrogen-bond acceptors (Lipinski definition) is 4. The minimum Gasteiger partial charge on any atom is -0.454 e. The topological polar surface area (TPSA) is 50.4 Å². The quantitative estimate of drug-likeness (QED) is 0.767. The predicted molar refractivity (Wildman–Crippen MR) is 104 cm³/mol. The standard InChI is InChI=1S/C22H21N3O2/c1-2-15-4-3-5-17(10-15)22-21-18(23-13-24-21)8-9-25(22)12-16-6-7-19-20(11-16)27-14-26-19/h2-7,10-11,13,22H,1,8-9,12,14H2,(H,23,24)/t22-/m0/s1. The maximum atomic E-state index is 5.54. The largest absolute Gasteiger partial charge is 0.454 e. The Bertz CT molecular complexity index is 995. The molecular formula is C22H21N3O2. The lowest BCUT2D eigenvalue weighted by molar-refractivity contribution is 0.173. The molecule has 5 rings (SSSR count). The summed E-state index contributed by atoms with van der Waals surface area (Å²) in [5.74, 6) is 1.65. The van der Waals surface area contributed by atoms with Crippen molar-refractivity contribution in [3.63, 3.8) is 0 Å². The van der Waals surface area contributed by atoms with Gasteiger partial charge in [-0.05, 0) is 34.9 Å². The summed E-state index contributed by atoms with van der Waals surface area (Å²) in [6.45, 7) is 6.00. The number of ether oxygens (including phenoxy) is 2. The zero-order valence-corrected chi connectivity index (χ0v) is 15.0. The first-order valence-electron chi connectivity index (χ1n) is 9.19. The third-order valence-corrected chi connectivity index (χ3v) is 5.31. The molecule has 2 aromatic carbocycles. The van der Waals surface area contributed by atoms with Crippen molar-refractivity contribution in [3.8, 4) is 11.5 Å². The fourth-order valence-electron chi connectivity index (χ4n) is 3.99. The summed E-state index contributed by atoms with van der Waals surface area (Å²) in [4.78, 5) is 10.4. The molecule has 0 spiro atoms. The van der Waals surface area contributed by atoms with Crippen LogP contribution in [-0.4, -0.2) is 28.2 Å². The summed E-state index contributed by atoms with van der Waals surface area (Å²) in [5, 5.41) is 0. The van der Waals surface area contributed by atoms with E-state index in [9.17, 15) is 0 Å². The van der Waals surface area contributed by atoms with Gasteiger partial charge in [-0.25, -0.2) is 4.98 Å². The number of aromatic nitrogens is 2. The Morgan fingerprint density at radius 1 is 1.19 bits per heavy atom. The first-order valence-corrected chi connectivity index (χ1v) is 9.19. The van der Waals surface area contributed by atoms with Crippen molar-refractivity contribution < 1.29 is 9.47 Å². The number of fused-ring (bicyclic) bond motifs is 2. The number of rotatable bonds is 4. The lowest BCUT2D eigenvalue weighted by Crippen LogP contribution is -2.35. The molecule has 0 amide bonds. The molecule has 3 heterocycles. The molecular weight excluding hydrogens is 338 g/mol. The van der Waals surface area contributed by atoms with Crippen LogP contribution in [0.1, 0.15) is 34.1 Å². The number of aromatic amines is 1. The second-order valence-electron chi connectivity index (χ2n) is 6.95. The molecule has 0 saturated carbocycles. The SMILES string of the molecule is C=Cc1cccc([C@H]2c3nc[nH]c3CCN2Cc2ccc3c(c2)OCO3)c1. The lowest BCUT2D eigenvalue weighted by Gasteiger charge is -2.35. The monoisotopic (exact) mass is 359 g/mol. The molecule has 2 aliphatic heterocycles. The van der Waals surface area contributed by atoms with E-state index in [2.05, 4.69) is 57.8 Å². The van der Waals surface area contributed by atoms with E-state index >= 15 is 0 Å². The van der Waals surface area contributed by atoms with Crippen molar-refractivity contribution in [1.29, 1.82) is 0 Å². The van der Waals surface area contributed by atoms with Gasteiger partial charge in [0.2, 0.25) is 6.79 Å². The van der Waals surface area contributed by atoms with E-state index in [1.165, 1.54) is 16.8 Å². The van der Waals surface area contributed by atoms with Gasteiger partial charge in [-0.3, -0.25) is 4.90 Å². The summed E-state index contributed by atoms with van der Waals surface area (Å²) in [7, 11) is 0. The molecule has 0 aliphatic carbocycles. The zero-order valence-electron chi connectivity index (χ0n) is 15.0. The number of nitrogens with one attached hydrogen (secondary N) is 1. The predicted octanol–water partition coefficient (Wildman–Crippen LogP) is 3.93. The highest BCUT2D eigenvalue weighted by molar-refractivity contribution is 5.50. The second kappa shape index (κ2) is 6.59. The number of imidazole rings is 1.